The third kappa shape index (κ3) is 4.76. The smallest absolute Gasteiger partial charge is 0.225 e. The summed E-state index contributed by atoms with van der Waals surface area (Å²) in [6.45, 7) is 7.08. The van der Waals surface area contributed by atoms with Crippen molar-refractivity contribution in [2.75, 3.05) is 26.2 Å². The largest absolute Gasteiger partial charge is 0.347 e. The van der Waals surface area contributed by atoms with Gasteiger partial charge in [-0.2, -0.15) is 0 Å². The summed E-state index contributed by atoms with van der Waals surface area (Å²) in [4.78, 5) is 29.9. The van der Waals surface area contributed by atoms with Crippen molar-refractivity contribution >= 4 is 11.8 Å². The van der Waals surface area contributed by atoms with E-state index in [0.717, 1.165) is 57.7 Å². The highest BCUT2D eigenvalue weighted by atomic mass is 19.2. The molecule has 170 valence electrons. The van der Waals surface area contributed by atoms with Gasteiger partial charge in [0.1, 0.15) is 0 Å². The van der Waals surface area contributed by atoms with Crippen LogP contribution in [0.1, 0.15) is 64.0 Å². The van der Waals surface area contributed by atoms with Gasteiger partial charge in [0, 0.05) is 24.5 Å². The second-order valence-electron chi connectivity index (χ2n) is 9.86. The minimum atomic E-state index is -0.909. The van der Waals surface area contributed by atoms with Gasteiger partial charge in [-0.15, -0.1) is 0 Å². The summed E-state index contributed by atoms with van der Waals surface area (Å²) in [5, 5.41) is 3.16. The van der Waals surface area contributed by atoms with Crippen LogP contribution in [0.25, 0.3) is 0 Å². The number of likely N-dealkylation sites (tertiary alicyclic amines) is 2. The Morgan fingerprint density at radius 3 is 2.35 bits per heavy atom. The number of carbonyl (C=O) groups excluding carboxylic acids is 2. The maximum absolute atomic E-state index is 14.1. The second-order valence-corrected chi connectivity index (χ2v) is 9.86. The van der Waals surface area contributed by atoms with Crippen molar-refractivity contribution in [3.05, 3.63) is 35.4 Å². The number of amides is 2. The van der Waals surface area contributed by atoms with Gasteiger partial charge in [0.05, 0.1) is 12.0 Å². The molecule has 0 aromatic heterocycles. The molecule has 1 saturated carbocycles. The van der Waals surface area contributed by atoms with Gasteiger partial charge in [-0.3, -0.25) is 14.5 Å². The van der Waals surface area contributed by atoms with Crippen LogP contribution in [0.15, 0.2) is 18.2 Å². The minimum Gasteiger partial charge on any atom is -0.347 e. The highest BCUT2D eigenvalue weighted by molar-refractivity contribution is 5.83. The Bertz CT molecular complexity index is 834. The zero-order valence-corrected chi connectivity index (χ0v) is 18.5. The fourth-order valence-corrected chi connectivity index (χ4v) is 5.08. The number of nitrogens with one attached hydrogen (secondary N) is 1. The molecule has 1 N–H and O–H groups in total. The van der Waals surface area contributed by atoms with Crippen LogP contribution < -0.4 is 5.32 Å². The van der Waals surface area contributed by atoms with Crippen molar-refractivity contribution in [3.8, 4) is 0 Å². The molecule has 1 aromatic rings. The van der Waals surface area contributed by atoms with E-state index < -0.39 is 23.2 Å². The minimum absolute atomic E-state index is 0.115. The van der Waals surface area contributed by atoms with E-state index >= 15 is 0 Å². The number of piperidine rings is 1. The summed E-state index contributed by atoms with van der Waals surface area (Å²) in [6, 6.07) is 3.40. The monoisotopic (exact) mass is 433 g/mol. The van der Waals surface area contributed by atoms with E-state index in [1.807, 2.05) is 18.7 Å². The molecule has 2 atom stereocenters. The Kier molecular flexibility index (Phi) is 6.33. The van der Waals surface area contributed by atoms with E-state index in [-0.39, 0.29) is 23.7 Å². The molecular weight excluding hydrogens is 400 g/mol. The molecule has 1 aliphatic carbocycles. The van der Waals surface area contributed by atoms with E-state index in [1.54, 1.807) is 6.07 Å². The van der Waals surface area contributed by atoms with Crippen molar-refractivity contribution in [3.63, 3.8) is 0 Å². The molecule has 1 aromatic carbocycles. The van der Waals surface area contributed by atoms with Gasteiger partial charge in [-0.05, 0) is 83.2 Å². The van der Waals surface area contributed by atoms with Crippen LogP contribution in [0, 0.1) is 23.5 Å². The lowest BCUT2D eigenvalue weighted by Crippen LogP contribution is -2.55. The topological polar surface area (TPSA) is 52.7 Å². The van der Waals surface area contributed by atoms with Gasteiger partial charge >= 0.3 is 0 Å². The molecule has 4 rings (SSSR count). The van der Waals surface area contributed by atoms with E-state index in [2.05, 4.69) is 10.2 Å². The van der Waals surface area contributed by atoms with Gasteiger partial charge < -0.3 is 10.2 Å². The first-order valence-corrected chi connectivity index (χ1v) is 11.6. The van der Waals surface area contributed by atoms with Crippen molar-refractivity contribution < 1.29 is 18.4 Å². The first-order chi connectivity index (χ1) is 14.8. The number of benzene rings is 1. The Morgan fingerprint density at radius 2 is 1.71 bits per heavy atom. The van der Waals surface area contributed by atoms with Crippen LogP contribution in [-0.4, -0.2) is 53.3 Å². The van der Waals surface area contributed by atoms with Gasteiger partial charge in [-0.25, -0.2) is 8.78 Å². The molecule has 7 heteroatoms. The zero-order chi connectivity index (χ0) is 22.2. The lowest BCUT2D eigenvalue weighted by molar-refractivity contribution is -0.137. The molecule has 0 bridgehead atoms. The lowest BCUT2D eigenvalue weighted by atomic mass is 9.85. The molecule has 2 heterocycles. The Balaban J connectivity index is 1.54. The number of hydrogen-bond donors (Lipinski definition) is 1. The second kappa shape index (κ2) is 8.85. The fraction of sp³-hybridized carbons (Fsp3) is 0.667. The predicted molar refractivity (Wildman–Crippen MR) is 114 cm³/mol. The SMILES string of the molecule is CC(C)([C@@H](NC(=O)[C@H]1CCCN(C(=O)C2CC2)C1)c1ccc(F)c(F)c1)N1CCCC1. The molecule has 3 aliphatic rings. The molecule has 2 aliphatic heterocycles. The number of hydrogen-bond acceptors (Lipinski definition) is 3. The van der Waals surface area contributed by atoms with Crippen LogP contribution in [0.3, 0.4) is 0 Å². The molecular formula is C24H33F2N3O2. The van der Waals surface area contributed by atoms with E-state index in [9.17, 15) is 18.4 Å². The maximum atomic E-state index is 14.1. The molecule has 0 radical (unpaired) electrons. The zero-order valence-electron chi connectivity index (χ0n) is 18.5. The Labute approximate surface area is 183 Å². The van der Waals surface area contributed by atoms with E-state index in [1.165, 1.54) is 6.07 Å². The Hall–Kier alpha value is -2.02. The number of carbonyl (C=O) groups is 2. The van der Waals surface area contributed by atoms with E-state index in [0.29, 0.717) is 18.7 Å². The Morgan fingerprint density at radius 1 is 1.00 bits per heavy atom. The summed E-state index contributed by atoms with van der Waals surface area (Å²) in [5.74, 6) is -1.88. The summed E-state index contributed by atoms with van der Waals surface area (Å²) in [5.41, 5.74) is 0.0973. The normalized spacial score (nSPS) is 23.6. The maximum Gasteiger partial charge on any atom is 0.225 e. The summed E-state index contributed by atoms with van der Waals surface area (Å²) >= 11 is 0. The average molecular weight is 434 g/mol. The van der Waals surface area contributed by atoms with Crippen molar-refractivity contribution in [1.29, 1.82) is 0 Å². The van der Waals surface area contributed by atoms with Crippen LogP contribution >= 0.6 is 0 Å². The molecule has 5 nitrogen and oxygen atoms in total. The lowest BCUT2D eigenvalue weighted by Gasteiger charge is -2.43. The van der Waals surface area contributed by atoms with Gasteiger partial charge in [0.2, 0.25) is 11.8 Å². The first-order valence-electron chi connectivity index (χ1n) is 11.6. The summed E-state index contributed by atoms with van der Waals surface area (Å²) in [6.07, 6.45) is 5.62. The van der Waals surface area contributed by atoms with Gasteiger partial charge in [0.15, 0.2) is 11.6 Å². The molecule has 3 fully saturated rings. The highest BCUT2D eigenvalue weighted by Crippen LogP contribution is 2.36. The molecule has 0 spiro atoms. The highest BCUT2D eigenvalue weighted by Gasteiger charge is 2.41. The summed E-state index contributed by atoms with van der Waals surface area (Å²) in [7, 11) is 0. The summed E-state index contributed by atoms with van der Waals surface area (Å²) < 4.78 is 27.7. The third-order valence-electron chi connectivity index (χ3n) is 7.22. The van der Waals surface area contributed by atoms with Crippen LogP contribution in [0.4, 0.5) is 8.78 Å². The van der Waals surface area contributed by atoms with Gasteiger partial charge in [0.25, 0.3) is 0 Å². The van der Waals surface area contributed by atoms with Crippen LogP contribution in [0.5, 0.6) is 0 Å². The van der Waals surface area contributed by atoms with Crippen molar-refractivity contribution in [1.82, 2.24) is 15.1 Å². The van der Waals surface area contributed by atoms with Crippen LogP contribution in [0.2, 0.25) is 0 Å². The molecule has 31 heavy (non-hydrogen) atoms. The average Bonchev–Trinajstić information content (AvgIpc) is 3.45. The van der Waals surface area contributed by atoms with Gasteiger partial charge in [-0.1, -0.05) is 6.07 Å². The number of nitrogens with zero attached hydrogens (tertiary/aromatic N) is 2. The third-order valence-corrected chi connectivity index (χ3v) is 7.22. The number of halogens is 2. The van der Waals surface area contributed by atoms with Crippen molar-refractivity contribution in [2.24, 2.45) is 11.8 Å². The van der Waals surface area contributed by atoms with E-state index in [4.69, 9.17) is 0 Å². The molecule has 2 amide bonds. The first kappa shape index (κ1) is 22.2. The fourth-order valence-electron chi connectivity index (χ4n) is 5.08. The number of rotatable bonds is 6. The quantitative estimate of drug-likeness (QED) is 0.745. The molecule has 0 unspecified atom stereocenters. The standard InChI is InChI=1S/C24H33F2N3O2/c1-24(2,29-12-3-4-13-29)21(17-9-10-19(25)20(26)14-17)27-22(30)18-6-5-11-28(15-18)23(31)16-7-8-16/h9-10,14,16,18,21H,3-8,11-13,15H2,1-2H3,(H,27,30)/t18-,21-/m0/s1. The predicted octanol–water partition coefficient (Wildman–Crippen LogP) is 3.65. The van der Waals surface area contributed by atoms with Crippen molar-refractivity contribution in [2.45, 2.75) is 64.0 Å². The van der Waals surface area contributed by atoms with Crippen LogP contribution in [-0.2, 0) is 9.59 Å². The molecule has 2 saturated heterocycles.